The molecule has 0 saturated carbocycles. The molecule has 0 fully saturated rings. The molecule has 0 aliphatic carbocycles. The third-order valence-corrected chi connectivity index (χ3v) is 4.02. The molecule has 138 valence electrons. The number of hydrogen-bond acceptors (Lipinski definition) is 4. The van der Waals surface area contributed by atoms with Crippen LogP contribution < -0.4 is 14.8 Å². The van der Waals surface area contributed by atoms with E-state index in [9.17, 15) is 9.59 Å². The van der Waals surface area contributed by atoms with Crippen molar-refractivity contribution < 1.29 is 19.1 Å². The zero-order chi connectivity index (χ0) is 18.9. The Bertz CT molecular complexity index is 762. The average Bonchev–Trinajstić information content (AvgIpc) is 2.66. The van der Waals surface area contributed by atoms with Gasteiger partial charge in [0.2, 0.25) is 5.91 Å². The molecular formula is C20H22ClNO4. The van der Waals surface area contributed by atoms with Crippen molar-refractivity contribution in [1.29, 1.82) is 0 Å². The summed E-state index contributed by atoms with van der Waals surface area (Å²) in [5.74, 6) is 0.757. The predicted octanol–water partition coefficient (Wildman–Crippen LogP) is 4.03. The first kappa shape index (κ1) is 19.8. The highest BCUT2D eigenvalue weighted by molar-refractivity contribution is 6.32. The van der Waals surface area contributed by atoms with Crippen LogP contribution in [-0.4, -0.2) is 25.4 Å². The van der Waals surface area contributed by atoms with Gasteiger partial charge in [0.15, 0.2) is 17.3 Å². The SMILES string of the molecule is CCOc1c(Cl)cc(CNC(=O)CCC(=O)c2ccccc2)cc1OC. The average molecular weight is 376 g/mol. The molecule has 2 aromatic carbocycles. The summed E-state index contributed by atoms with van der Waals surface area (Å²) in [7, 11) is 1.53. The number of ether oxygens (including phenoxy) is 2. The summed E-state index contributed by atoms with van der Waals surface area (Å²) >= 11 is 6.22. The molecule has 2 aromatic rings. The third kappa shape index (κ3) is 5.49. The Morgan fingerprint density at radius 2 is 1.85 bits per heavy atom. The summed E-state index contributed by atoms with van der Waals surface area (Å²) in [6.07, 6.45) is 0.304. The Labute approximate surface area is 158 Å². The van der Waals surface area contributed by atoms with Crippen molar-refractivity contribution >= 4 is 23.3 Å². The number of ketones is 1. The lowest BCUT2D eigenvalue weighted by Crippen LogP contribution is -2.23. The standard InChI is InChI=1S/C20H22ClNO4/c1-3-26-20-16(21)11-14(12-18(20)25-2)13-22-19(24)10-9-17(23)15-7-5-4-6-8-15/h4-8,11-12H,3,9-10,13H2,1-2H3,(H,22,24). The Hall–Kier alpha value is -2.53. The van der Waals surface area contributed by atoms with Crippen LogP contribution in [0.25, 0.3) is 0 Å². The Morgan fingerprint density at radius 3 is 2.50 bits per heavy atom. The maximum absolute atomic E-state index is 12.0. The van der Waals surface area contributed by atoms with Gasteiger partial charge in [-0.1, -0.05) is 41.9 Å². The van der Waals surface area contributed by atoms with Crippen LogP contribution in [0.4, 0.5) is 0 Å². The van der Waals surface area contributed by atoms with Gasteiger partial charge in [0.1, 0.15) is 0 Å². The molecule has 5 nitrogen and oxygen atoms in total. The number of hydrogen-bond donors (Lipinski definition) is 1. The van der Waals surface area contributed by atoms with Crippen LogP contribution in [0.15, 0.2) is 42.5 Å². The normalized spacial score (nSPS) is 10.3. The maximum Gasteiger partial charge on any atom is 0.220 e. The van der Waals surface area contributed by atoms with E-state index >= 15 is 0 Å². The van der Waals surface area contributed by atoms with Gasteiger partial charge in [0.25, 0.3) is 0 Å². The fraction of sp³-hybridized carbons (Fsp3) is 0.300. The molecule has 0 saturated heterocycles. The molecule has 0 aliphatic heterocycles. The van der Waals surface area contributed by atoms with Gasteiger partial charge >= 0.3 is 0 Å². The topological polar surface area (TPSA) is 64.6 Å². The van der Waals surface area contributed by atoms with Crippen molar-refractivity contribution in [2.24, 2.45) is 0 Å². The molecular weight excluding hydrogens is 354 g/mol. The number of benzene rings is 2. The molecule has 0 aliphatic rings. The molecule has 1 N–H and O–H groups in total. The van der Waals surface area contributed by atoms with Crippen molar-refractivity contribution in [3.63, 3.8) is 0 Å². The molecule has 1 amide bonds. The van der Waals surface area contributed by atoms with Gasteiger partial charge in [0, 0.05) is 24.9 Å². The molecule has 26 heavy (non-hydrogen) atoms. The van der Waals surface area contributed by atoms with Crippen LogP contribution in [0, 0.1) is 0 Å². The number of nitrogens with one attached hydrogen (secondary N) is 1. The van der Waals surface area contributed by atoms with Crippen LogP contribution in [0.3, 0.4) is 0 Å². The second-order valence-corrected chi connectivity index (χ2v) is 6.02. The molecule has 0 spiro atoms. The maximum atomic E-state index is 12.0. The second kappa shape index (κ2) is 9.82. The van der Waals surface area contributed by atoms with E-state index in [1.807, 2.05) is 13.0 Å². The van der Waals surface area contributed by atoms with E-state index in [0.717, 1.165) is 5.56 Å². The number of Topliss-reactive ketones (excluding diaryl/α,β-unsaturated/α-hetero) is 1. The van der Waals surface area contributed by atoms with Gasteiger partial charge in [0.05, 0.1) is 18.7 Å². The molecule has 0 aromatic heterocycles. The van der Waals surface area contributed by atoms with Gasteiger partial charge < -0.3 is 14.8 Å². The van der Waals surface area contributed by atoms with Crippen LogP contribution >= 0.6 is 11.6 Å². The van der Waals surface area contributed by atoms with E-state index in [1.165, 1.54) is 7.11 Å². The number of carbonyl (C=O) groups excluding carboxylic acids is 2. The van der Waals surface area contributed by atoms with E-state index < -0.39 is 0 Å². The minimum atomic E-state index is -0.196. The summed E-state index contributed by atoms with van der Waals surface area (Å²) in [6.45, 7) is 2.63. The van der Waals surface area contributed by atoms with E-state index in [-0.39, 0.29) is 24.5 Å². The lowest BCUT2D eigenvalue weighted by molar-refractivity contribution is -0.121. The smallest absolute Gasteiger partial charge is 0.220 e. The monoisotopic (exact) mass is 375 g/mol. The highest BCUT2D eigenvalue weighted by Gasteiger charge is 2.13. The first-order valence-corrected chi connectivity index (χ1v) is 8.77. The van der Waals surface area contributed by atoms with Crippen molar-refractivity contribution in [3.8, 4) is 11.5 Å². The Balaban J connectivity index is 1.89. The number of methoxy groups -OCH3 is 1. The lowest BCUT2D eigenvalue weighted by atomic mass is 10.1. The van der Waals surface area contributed by atoms with Crippen LogP contribution in [0.2, 0.25) is 5.02 Å². The number of rotatable bonds is 9. The molecule has 6 heteroatoms. The molecule has 0 radical (unpaired) electrons. The molecule has 0 bridgehead atoms. The molecule has 0 unspecified atom stereocenters. The van der Waals surface area contributed by atoms with Crippen molar-refractivity contribution in [3.05, 3.63) is 58.6 Å². The van der Waals surface area contributed by atoms with Gasteiger partial charge in [-0.05, 0) is 24.6 Å². The van der Waals surface area contributed by atoms with Crippen LogP contribution in [-0.2, 0) is 11.3 Å². The van der Waals surface area contributed by atoms with Crippen molar-refractivity contribution in [2.75, 3.05) is 13.7 Å². The van der Waals surface area contributed by atoms with Crippen molar-refractivity contribution in [1.82, 2.24) is 5.32 Å². The van der Waals surface area contributed by atoms with Gasteiger partial charge in [-0.15, -0.1) is 0 Å². The van der Waals surface area contributed by atoms with Gasteiger partial charge in [-0.2, -0.15) is 0 Å². The Kier molecular flexibility index (Phi) is 7.48. The van der Waals surface area contributed by atoms with E-state index in [0.29, 0.717) is 35.2 Å². The second-order valence-electron chi connectivity index (χ2n) is 5.61. The fourth-order valence-corrected chi connectivity index (χ4v) is 2.73. The number of amides is 1. The highest BCUT2D eigenvalue weighted by Crippen LogP contribution is 2.36. The lowest BCUT2D eigenvalue weighted by Gasteiger charge is -2.13. The van der Waals surface area contributed by atoms with E-state index in [4.69, 9.17) is 21.1 Å². The van der Waals surface area contributed by atoms with Gasteiger partial charge in [-0.25, -0.2) is 0 Å². The fourth-order valence-electron chi connectivity index (χ4n) is 2.44. The van der Waals surface area contributed by atoms with Crippen LogP contribution in [0.5, 0.6) is 11.5 Å². The summed E-state index contributed by atoms with van der Waals surface area (Å²) in [5.41, 5.74) is 1.40. The number of halogens is 1. The van der Waals surface area contributed by atoms with E-state index in [2.05, 4.69) is 5.32 Å². The van der Waals surface area contributed by atoms with E-state index in [1.54, 1.807) is 36.4 Å². The third-order valence-electron chi connectivity index (χ3n) is 3.74. The molecule has 0 heterocycles. The zero-order valence-corrected chi connectivity index (χ0v) is 15.6. The predicted molar refractivity (Wildman–Crippen MR) is 101 cm³/mol. The zero-order valence-electron chi connectivity index (χ0n) is 14.9. The van der Waals surface area contributed by atoms with Gasteiger partial charge in [-0.3, -0.25) is 9.59 Å². The first-order chi connectivity index (χ1) is 12.5. The summed E-state index contributed by atoms with van der Waals surface area (Å²) in [5, 5.41) is 3.22. The Morgan fingerprint density at radius 1 is 1.12 bits per heavy atom. The minimum Gasteiger partial charge on any atom is -0.493 e. The first-order valence-electron chi connectivity index (χ1n) is 8.39. The number of carbonyl (C=O) groups is 2. The summed E-state index contributed by atoms with van der Waals surface area (Å²) in [4.78, 5) is 24.0. The summed E-state index contributed by atoms with van der Waals surface area (Å²) in [6, 6.07) is 12.4. The summed E-state index contributed by atoms with van der Waals surface area (Å²) < 4.78 is 10.8. The molecule has 0 atom stereocenters. The molecule has 2 rings (SSSR count). The highest BCUT2D eigenvalue weighted by atomic mass is 35.5. The van der Waals surface area contributed by atoms with Crippen molar-refractivity contribution in [2.45, 2.75) is 26.3 Å². The quantitative estimate of drug-likeness (QED) is 0.672. The van der Waals surface area contributed by atoms with Crippen LogP contribution in [0.1, 0.15) is 35.7 Å². The largest absolute Gasteiger partial charge is 0.493 e. The minimum absolute atomic E-state index is 0.0495.